The summed E-state index contributed by atoms with van der Waals surface area (Å²) in [5.74, 6) is 2.03. The van der Waals surface area contributed by atoms with E-state index in [1.54, 1.807) is 0 Å². The highest BCUT2D eigenvalue weighted by Crippen LogP contribution is 2.56. The molecular weight excluding hydrogens is 336 g/mol. The molecule has 4 nitrogen and oxygen atoms in total. The van der Waals surface area contributed by atoms with Gasteiger partial charge in [0.1, 0.15) is 0 Å². The van der Waals surface area contributed by atoms with Crippen molar-refractivity contribution >= 4 is 5.91 Å². The maximum Gasteiger partial charge on any atom is 0.222 e. The van der Waals surface area contributed by atoms with Gasteiger partial charge in [-0.25, -0.2) is 0 Å². The zero-order valence-electron chi connectivity index (χ0n) is 18.1. The number of hydrogen-bond acceptors (Lipinski definition) is 3. The van der Waals surface area contributed by atoms with Gasteiger partial charge in [0.15, 0.2) is 0 Å². The number of allylic oxidation sites excluding steroid dienone is 1. The first-order valence-corrected chi connectivity index (χ1v) is 11.1. The maximum atomic E-state index is 12.8. The van der Waals surface area contributed by atoms with E-state index in [0.29, 0.717) is 36.3 Å². The van der Waals surface area contributed by atoms with Crippen molar-refractivity contribution in [3.63, 3.8) is 0 Å². The highest BCUT2D eigenvalue weighted by atomic mass is 16.5. The average molecular weight is 377 g/mol. The number of hydrogen-bond donors (Lipinski definition) is 2. The van der Waals surface area contributed by atoms with Gasteiger partial charge in [-0.05, 0) is 75.0 Å². The minimum absolute atomic E-state index is 0.133. The molecule has 4 aliphatic rings. The van der Waals surface area contributed by atoms with E-state index in [0.717, 1.165) is 25.0 Å². The van der Waals surface area contributed by atoms with Crippen LogP contribution in [0.5, 0.6) is 0 Å². The molecule has 0 spiro atoms. The van der Waals surface area contributed by atoms with Gasteiger partial charge in [0, 0.05) is 30.8 Å². The smallest absolute Gasteiger partial charge is 0.222 e. The minimum Gasteiger partial charge on any atom is -0.383 e. The van der Waals surface area contributed by atoms with E-state index in [1.165, 1.54) is 25.7 Å². The molecular formula is C23H40N2O2. The lowest BCUT2D eigenvalue weighted by atomic mass is 9.51. The first-order chi connectivity index (χ1) is 12.9. The number of amides is 1. The van der Waals surface area contributed by atoms with E-state index in [4.69, 9.17) is 4.74 Å². The molecule has 2 aliphatic carbocycles. The zero-order valence-corrected chi connectivity index (χ0v) is 18.1. The Bertz CT molecular complexity index is 577. The van der Waals surface area contributed by atoms with Crippen molar-refractivity contribution in [2.75, 3.05) is 7.11 Å². The third kappa shape index (κ3) is 3.54. The van der Waals surface area contributed by atoms with Crippen molar-refractivity contribution in [3.8, 4) is 0 Å². The van der Waals surface area contributed by atoms with E-state index in [1.807, 2.05) is 21.0 Å². The summed E-state index contributed by atoms with van der Waals surface area (Å²) in [5.41, 5.74) is 1.18. The Morgan fingerprint density at radius 3 is 2.59 bits per heavy atom. The third-order valence-corrected chi connectivity index (χ3v) is 8.20. The van der Waals surface area contributed by atoms with Crippen LogP contribution in [0, 0.1) is 23.2 Å². The summed E-state index contributed by atoms with van der Waals surface area (Å²) in [5, 5.41) is 7.12. The van der Waals surface area contributed by atoms with E-state index in [9.17, 15) is 4.79 Å². The van der Waals surface area contributed by atoms with Crippen molar-refractivity contribution in [3.05, 3.63) is 12.3 Å². The van der Waals surface area contributed by atoms with Gasteiger partial charge in [-0.3, -0.25) is 4.79 Å². The number of carbonyl (C=O) groups is 1. The molecule has 0 aromatic heterocycles. The van der Waals surface area contributed by atoms with Crippen molar-refractivity contribution in [1.29, 1.82) is 0 Å². The summed E-state index contributed by atoms with van der Waals surface area (Å²) in [6.45, 7) is 12.8. The molecule has 27 heavy (non-hydrogen) atoms. The number of methoxy groups -OCH3 is 1. The van der Waals surface area contributed by atoms with Crippen LogP contribution in [0.3, 0.4) is 0 Å². The Balaban J connectivity index is 0.00000102. The quantitative estimate of drug-likeness (QED) is 0.713. The number of piperidine rings is 1. The van der Waals surface area contributed by atoms with Crippen molar-refractivity contribution < 1.29 is 9.53 Å². The predicted molar refractivity (Wildman–Crippen MR) is 110 cm³/mol. The van der Waals surface area contributed by atoms with Gasteiger partial charge in [-0.15, -0.1) is 0 Å². The number of ether oxygens (including phenoxy) is 1. The lowest BCUT2D eigenvalue weighted by Crippen LogP contribution is -2.60. The first kappa shape index (κ1) is 20.7. The van der Waals surface area contributed by atoms with Crippen LogP contribution in [0.15, 0.2) is 12.3 Å². The number of rotatable bonds is 1. The van der Waals surface area contributed by atoms with Crippen LogP contribution in [-0.4, -0.2) is 30.7 Å². The van der Waals surface area contributed by atoms with Crippen LogP contribution in [0.2, 0.25) is 0 Å². The van der Waals surface area contributed by atoms with Crippen molar-refractivity contribution in [2.24, 2.45) is 23.2 Å². The second kappa shape index (κ2) is 7.77. The molecule has 2 saturated carbocycles. The topological polar surface area (TPSA) is 50.4 Å². The lowest BCUT2D eigenvalue weighted by Gasteiger charge is -2.57. The highest BCUT2D eigenvalue weighted by molar-refractivity contribution is 5.78. The van der Waals surface area contributed by atoms with Gasteiger partial charge in [0.2, 0.25) is 5.91 Å². The van der Waals surface area contributed by atoms with Crippen LogP contribution in [-0.2, 0) is 9.53 Å². The Morgan fingerprint density at radius 1 is 1.15 bits per heavy atom. The predicted octanol–water partition coefficient (Wildman–Crippen LogP) is 4.40. The van der Waals surface area contributed by atoms with E-state index in [-0.39, 0.29) is 16.9 Å². The molecule has 2 unspecified atom stereocenters. The molecule has 154 valence electrons. The molecule has 0 radical (unpaired) electrons. The molecule has 7 atom stereocenters. The standard InChI is InChI=1S/C21H34N2O2.C2H6/c1-13-5-8-17-16-7-6-14-11-15(25-4)9-10-20(14,2)19(16)22-18(24)12-21(17,3)23-13;1-2/h14-17,19,23H,1,5-12H2,2-4H3,(H,22,24);1-2H3/t14-,15-,16?,17-,19-,20?,21-;/m0./s1. The Kier molecular flexibility index (Phi) is 5.96. The second-order valence-electron chi connectivity index (χ2n) is 9.59. The monoisotopic (exact) mass is 376 g/mol. The molecule has 4 fully saturated rings. The zero-order chi connectivity index (χ0) is 19.8. The summed E-state index contributed by atoms with van der Waals surface area (Å²) in [7, 11) is 1.85. The van der Waals surface area contributed by atoms with Gasteiger partial charge in [-0.1, -0.05) is 27.4 Å². The highest BCUT2D eigenvalue weighted by Gasteiger charge is 2.57. The van der Waals surface area contributed by atoms with Gasteiger partial charge >= 0.3 is 0 Å². The van der Waals surface area contributed by atoms with E-state index >= 15 is 0 Å². The molecule has 0 bridgehead atoms. The summed E-state index contributed by atoms with van der Waals surface area (Å²) in [6.07, 6.45) is 9.15. The third-order valence-electron chi connectivity index (χ3n) is 8.20. The Labute approximate surface area is 165 Å². The Morgan fingerprint density at radius 2 is 1.89 bits per heavy atom. The SMILES string of the molecule is C=C1CC[C@H]2C3CC[C@H]4C[C@@H](OC)CCC4(C)[C@H]3NC(=O)C[C@]2(C)N1.CC. The lowest BCUT2D eigenvalue weighted by molar-refractivity contribution is -0.125. The fourth-order valence-corrected chi connectivity index (χ4v) is 6.83. The molecule has 4 rings (SSSR count). The van der Waals surface area contributed by atoms with E-state index in [2.05, 4.69) is 31.1 Å². The maximum absolute atomic E-state index is 12.8. The molecule has 1 amide bonds. The normalized spacial score (nSPS) is 46.3. The first-order valence-electron chi connectivity index (χ1n) is 11.1. The largest absolute Gasteiger partial charge is 0.383 e. The Hall–Kier alpha value is -1.03. The fraction of sp³-hybridized carbons (Fsp3) is 0.870. The van der Waals surface area contributed by atoms with Crippen LogP contribution in [0.1, 0.15) is 79.1 Å². The average Bonchev–Trinajstić information content (AvgIpc) is 2.75. The van der Waals surface area contributed by atoms with Crippen LogP contribution < -0.4 is 10.6 Å². The van der Waals surface area contributed by atoms with Gasteiger partial charge in [0.25, 0.3) is 0 Å². The molecule has 0 aromatic rings. The van der Waals surface area contributed by atoms with Crippen LogP contribution >= 0.6 is 0 Å². The van der Waals surface area contributed by atoms with Crippen LogP contribution in [0.25, 0.3) is 0 Å². The molecule has 2 heterocycles. The van der Waals surface area contributed by atoms with Gasteiger partial charge in [0.05, 0.1) is 6.10 Å². The molecule has 2 N–H and O–H groups in total. The molecule has 0 aromatic carbocycles. The van der Waals surface area contributed by atoms with Crippen molar-refractivity contribution in [1.82, 2.24) is 10.6 Å². The van der Waals surface area contributed by atoms with Crippen LogP contribution in [0.4, 0.5) is 0 Å². The summed E-state index contributed by atoms with van der Waals surface area (Å²) in [4.78, 5) is 12.8. The fourth-order valence-electron chi connectivity index (χ4n) is 6.83. The molecule has 2 saturated heterocycles. The summed E-state index contributed by atoms with van der Waals surface area (Å²) < 4.78 is 5.67. The molecule has 2 aliphatic heterocycles. The van der Waals surface area contributed by atoms with E-state index < -0.39 is 0 Å². The van der Waals surface area contributed by atoms with Gasteiger partial charge in [-0.2, -0.15) is 0 Å². The molecule has 4 heteroatoms. The summed E-state index contributed by atoms with van der Waals surface area (Å²) >= 11 is 0. The number of carbonyl (C=O) groups excluding carboxylic acids is 1. The minimum atomic E-state index is -0.133. The number of nitrogens with one attached hydrogen (secondary N) is 2. The number of fused-ring (bicyclic) bond motifs is 5. The van der Waals surface area contributed by atoms with Gasteiger partial charge < -0.3 is 15.4 Å². The second-order valence-corrected chi connectivity index (χ2v) is 9.59. The van der Waals surface area contributed by atoms with Crippen molar-refractivity contribution in [2.45, 2.75) is 96.7 Å². The summed E-state index contributed by atoms with van der Waals surface area (Å²) in [6, 6.07) is 0.316.